The van der Waals surface area contributed by atoms with E-state index < -0.39 is 0 Å². The van der Waals surface area contributed by atoms with E-state index in [4.69, 9.17) is 5.73 Å². The van der Waals surface area contributed by atoms with Gasteiger partial charge in [-0.2, -0.15) is 0 Å². The van der Waals surface area contributed by atoms with Gasteiger partial charge < -0.3 is 10.1 Å². The maximum absolute atomic E-state index is 5.79. The van der Waals surface area contributed by atoms with Gasteiger partial charge in [0.25, 0.3) is 0 Å². The van der Waals surface area contributed by atoms with Gasteiger partial charge in [0.1, 0.15) is 0 Å². The molecule has 13 heavy (non-hydrogen) atoms. The van der Waals surface area contributed by atoms with Crippen molar-refractivity contribution in [3.63, 3.8) is 0 Å². The summed E-state index contributed by atoms with van der Waals surface area (Å²) in [5.74, 6) is 0.469. The van der Waals surface area contributed by atoms with E-state index in [1.54, 1.807) is 0 Å². The van der Waals surface area contributed by atoms with E-state index in [9.17, 15) is 0 Å². The lowest BCUT2D eigenvalue weighted by molar-refractivity contribution is 0.809. The van der Waals surface area contributed by atoms with Crippen LogP contribution in [-0.2, 0) is 0 Å². The molecule has 0 saturated carbocycles. The molecule has 0 radical (unpaired) electrons. The van der Waals surface area contributed by atoms with Crippen molar-refractivity contribution >= 4 is 11.3 Å². The average molecular weight is 175 g/mol. The molecule has 0 spiro atoms. The number of fused-ring (bicyclic) bond motifs is 1. The zero-order chi connectivity index (χ0) is 9.42. The molecule has 0 aromatic carbocycles. The van der Waals surface area contributed by atoms with Gasteiger partial charge in [-0.1, -0.05) is 13.8 Å². The van der Waals surface area contributed by atoms with Crippen LogP contribution in [0, 0.1) is 0 Å². The number of nitrogens with two attached hydrogens (primary N) is 1. The molecule has 0 aliphatic rings. The van der Waals surface area contributed by atoms with Crippen LogP contribution >= 0.6 is 0 Å². The first-order valence-corrected chi connectivity index (χ1v) is 4.41. The minimum Gasteiger partial charge on any atom is -0.396 e. The van der Waals surface area contributed by atoms with Crippen molar-refractivity contribution < 1.29 is 0 Å². The molecule has 2 N–H and O–H groups in total. The highest BCUT2D eigenvalue weighted by atomic mass is 15.0. The Kier molecular flexibility index (Phi) is 1.72. The zero-order valence-electron chi connectivity index (χ0n) is 7.86. The molecular weight excluding hydrogens is 162 g/mol. The lowest BCUT2D eigenvalue weighted by atomic mass is 10.1. The number of hydrogen-bond donors (Lipinski definition) is 1. The fourth-order valence-electron chi connectivity index (χ4n) is 1.48. The van der Waals surface area contributed by atoms with Crippen LogP contribution < -0.4 is 5.73 Å². The lowest BCUT2D eigenvalue weighted by Crippen LogP contribution is -1.96. The first-order chi connectivity index (χ1) is 6.20. The van der Waals surface area contributed by atoms with E-state index in [0.29, 0.717) is 5.92 Å². The summed E-state index contributed by atoms with van der Waals surface area (Å²) in [6.45, 7) is 4.29. The fraction of sp³-hybridized carbons (Fsp3) is 0.300. The van der Waals surface area contributed by atoms with E-state index >= 15 is 0 Å². The molecule has 0 aliphatic heterocycles. The van der Waals surface area contributed by atoms with Crippen molar-refractivity contribution in [2.45, 2.75) is 19.8 Å². The second kappa shape index (κ2) is 2.76. The molecule has 0 amide bonds. The summed E-state index contributed by atoms with van der Waals surface area (Å²) in [6, 6.07) is 3.81. The smallest absolute Gasteiger partial charge is 0.160 e. The topological polar surface area (TPSA) is 43.3 Å². The number of nitrogen functional groups attached to an aromatic ring is 1. The molecule has 2 aromatic heterocycles. The number of aromatic nitrogens is 2. The Bertz CT molecular complexity index is 429. The van der Waals surface area contributed by atoms with Gasteiger partial charge in [0.05, 0.1) is 5.69 Å². The van der Waals surface area contributed by atoms with Gasteiger partial charge in [-0.3, -0.25) is 0 Å². The van der Waals surface area contributed by atoms with Crippen LogP contribution in [0.1, 0.15) is 25.5 Å². The predicted octanol–water partition coefficient (Wildman–Crippen LogP) is 2.04. The predicted molar refractivity (Wildman–Crippen MR) is 53.7 cm³/mol. The molecule has 2 aromatic rings. The van der Waals surface area contributed by atoms with Crippen LogP contribution in [0.4, 0.5) is 5.69 Å². The van der Waals surface area contributed by atoms with Crippen LogP contribution in [0.25, 0.3) is 5.65 Å². The van der Waals surface area contributed by atoms with E-state index in [2.05, 4.69) is 18.8 Å². The second-order valence-corrected chi connectivity index (χ2v) is 3.49. The number of pyridine rings is 1. The van der Waals surface area contributed by atoms with Gasteiger partial charge in [-0.25, -0.2) is 4.98 Å². The Morgan fingerprint density at radius 3 is 2.92 bits per heavy atom. The summed E-state index contributed by atoms with van der Waals surface area (Å²) >= 11 is 0. The Labute approximate surface area is 77.2 Å². The van der Waals surface area contributed by atoms with Crippen molar-refractivity contribution in [3.8, 4) is 0 Å². The summed E-state index contributed by atoms with van der Waals surface area (Å²) in [5, 5.41) is 0. The second-order valence-electron chi connectivity index (χ2n) is 3.49. The molecule has 2 heterocycles. The summed E-state index contributed by atoms with van der Waals surface area (Å²) in [6.07, 6.45) is 3.88. The Morgan fingerprint density at radius 1 is 1.46 bits per heavy atom. The van der Waals surface area contributed by atoms with Crippen LogP contribution in [0.2, 0.25) is 0 Å². The molecule has 0 aliphatic carbocycles. The molecule has 3 nitrogen and oxygen atoms in total. The first-order valence-electron chi connectivity index (χ1n) is 4.41. The fourth-order valence-corrected chi connectivity index (χ4v) is 1.48. The van der Waals surface area contributed by atoms with E-state index in [0.717, 1.165) is 11.3 Å². The quantitative estimate of drug-likeness (QED) is 0.720. The summed E-state index contributed by atoms with van der Waals surface area (Å²) in [7, 11) is 0. The van der Waals surface area contributed by atoms with E-state index in [1.807, 2.05) is 28.9 Å². The van der Waals surface area contributed by atoms with Crippen molar-refractivity contribution in [1.82, 2.24) is 9.38 Å². The first kappa shape index (κ1) is 8.10. The lowest BCUT2D eigenvalue weighted by Gasteiger charge is -2.04. The molecule has 68 valence electrons. The van der Waals surface area contributed by atoms with E-state index in [1.165, 1.54) is 5.69 Å². The van der Waals surface area contributed by atoms with Crippen molar-refractivity contribution in [2.24, 2.45) is 0 Å². The third-order valence-corrected chi connectivity index (χ3v) is 2.19. The number of nitrogens with zero attached hydrogens (tertiary/aromatic N) is 2. The maximum atomic E-state index is 5.79. The average Bonchev–Trinajstić information content (AvgIpc) is 2.48. The van der Waals surface area contributed by atoms with Crippen molar-refractivity contribution in [1.29, 1.82) is 0 Å². The zero-order valence-corrected chi connectivity index (χ0v) is 7.86. The molecule has 0 unspecified atom stereocenters. The van der Waals surface area contributed by atoms with Crippen LogP contribution in [-0.4, -0.2) is 9.38 Å². The summed E-state index contributed by atoms with van der Waals surface area (Å²) in [4.78, 5) is 4.28. The van der Waals surface area contributed by atoms with Gasteiger partial charge in [0, 0.05) is 18.1 Å². The summed E-state index contributed by atoms with van der Waals surface area (Å²) < 4.78 is 2.04. The van der Waals surface area contributed by atoms with Gasteiger partial charge in [-0.05, 0) is 18.1 Å². The van der Waals surface area contributed by atoms with Crippen molar-refractivity contribution in [2.75, 3.05) is 5.73 Å². The molecule has 0 saturated heterocycles. The molecule has 0 fully saturated rings. The number of anilines is 1. The molecule has 3 heteroatoms. The Hall–Kier alpha value is -1.51. The Morgan fingerprint density at radius 2 is 2.23 bits per heavy atom. The third kappa shape index (κ3) is 1.16. The number of hydrogen-bond acceptors (Lipinski definition) is 2. The van der Waals surface area contributed by atoms with Crippen molar-refractivity contribution in [3.05, 3.63) is 30.2 Å². The monoisotopic (exact) mass is 175 g/mol. The largest absolute Gasteiger partial charge is 0.396 e. The molecular formula is C10H13N3. The highest BCUT2D eigenvalue weighted by Gasteiger charge is 2.07. The van der Waals surface area contributed by atoms with Gasteiger partial charge in [-0.15, -0.1) is 0 Å². The van der Waals surface area contributed by atoms with Crippen LogP contribution in [0.5, 0.6) is 0 Å². The Balaban J connectivity index is 2.75. The molecule has 0 atom stereocenters. The maximum Gasteiger partial charge on any atom is 0.160 e. The summed E-state index contributed by atoms with van der Waals surface area (Å²) in [5.41, 5.74) is 8.57. The van der Waals surface area contributed by atoms with Crippen LogP contribution in [0.15, 0.2) is 24.5 Å². The van der Waals surface area contributed by atoms with Gasteiger partial charge >= 0.3 is 0 Å². The normalized spacial score (nSPS) is 11.3. The standard InChI is InChI=1S/C10H13N3/c1-7(2)9-6-12-10-8(11)4-3-5-13(9)10/h3-7H,11H2,1-2H3. The van der Waals surface area contributed by atoms with Crippen LogP contribution in [0.3, 0.4) is 0 Å². The minimum atomic E-state index is 0.469. The van der Waals surface area contributed by atoms with E-state index in [-0.39, 0.29) is 0 Å². The molecule has 2 rings (SSSR count). The molecule has 0 bridgehead atoms. The van der Waals surface area contributed by atoms with Gasteiger partial charge in [0.15, 0.2) is 5.65 Å². The number of rotatable bonds is 1. The third-order valence-electron chi connectivity index (χ3n) is 2.19. The number of imidazole rings is 1. The highest BCUT2D eigenvalue weighted by molar-refractivity contribution is 5.64. The highest BCUT2D eigenvalue weighted by Crippen LogP contribution is 2.19. The van der Waals surface area contributed by atoms with Gasteiger partial charge in [0.2, 0.25) is 0 Å². The SMILES string of the molecule is CC(C)c1cnc2c(N)cccn12. The minimum absolute atomic E-state index is 0.469.